The number of benzene rings is 1. The van der Waals surface area contributed by atoms with Crippen LogP contribution in [0.25, 0.3) is 22.4 Å². The number of hydrogen-bond acceptors (Lipinski definition) is 5. The first-order valence-corrected chi connectivity index (χ1v) is 6.24. The Morgan fingerprint density at radius 1 is 1.40 bits per heavy atom. The van der Waals surface area contributed by atoms with Crippen molar-refractivity contribution in [1.29, 1.82) is 0 Å². The fourth-order valence-corrected chi connectivity index (χ4v) is 2.03. The summed E-state index contributed by atoms with van der Waals surface area (Å²) in [6, 6.07) is 9.05. The standard InChI is InChI=1S/C14H12N2O4/c1-2-19-12(17)8-16-14(18)10-7-9-5-3-4-6-11(9)20-13(10)15-16/h3-7H,2,8H2,1H3. The van der Waals surface area contributed by atoms with E-state index >= 15 is 0 Å². The Bertz CT molecular complexity index is 802. The van der Waals surface area contributed by atoms with Crippen molar-refractivity contribution in [2.45, 2.75) is 13.5 Å². The van der Waals surface area contributed by atoms with Crippen LogP contribution in [-0.2, 0) is 16.1 Å². The predicted octanol–water partition coefficient (Wildman–Crippen LogP) is 1.66. The van der Waals surface area contributed by atoms with Gasteiger partial charge in [-0.15, -0.1) is 5.10 Å². The van der Waals surface area contributed by atoms with Gasteiger partial charge in [0.1, 0.15) is 17.7 Å². The highest BCUT2D eigenvalue weighted by atomic mass is 16.5. The molecule has 0 atom stereocenters. The van der Waals surface area contributed by atoms with Gasteiger partial charge < -0.3 is 9.15 Å². The summed E-state index contributed by atoms with van der Waals surface area (Å²) in [5, 5.41) is 4.83. The van der Waals surface area contributed by atoms with Gasteiger partial charge in [0.15, 0.2) is 0 Å². The largest absolute Gasteiger partial charge is 0.465 e. The van der Waals surface area contributed by atoms with Crippen molar-refractivity contribution < 1.29 is 13.9 Å². The molecule has 0 amide bonds. The number of carbonyl (C=O) groups excluding carboxylic acids is 1. The van der Waals surface area contributed by atoms with Crippen LogP contribution < -0.4 is 5.56 Å². The molecule has 0 aliphatic carbocycles. The third-order valence-electron chi connectivity index (χ3n) is 2.92. The summed E-state index contributed by atoms with van der Waals surface area (Å²) in [6.45, 7) is 1.76. The number of esters is 1. The van der Waals surface area contributed by atoms with E-state index in [-0.39, 0.29) is 24.6 Å². The van der Waals surface area contributed by atoms with Crippen molar-refractivity contribution in [3.63, 3.8) is 0 Å². The number of carbonyl (C=O) groups is 1. The zero-order chi connectivity index (χ0) is 14.1. The minimum absolute atomic E-state index is 0.215. The number of fused-ring (bicyclic) bond motifs is 2. The summed E-state index contributed by atoms with van der Waals surface area (Å²) in [5.74, 6) is -0.278. The van der Waals surface area contributed by atoms with Gasteiger partial charge in [0.05, 0.1) is 6.61 Å². The number of hydrogen-bond donors (Lipinski definition) is 0. The first-order valence-electron chi connectivity index (χ1n) is 6.24. The lowest BCUT2D eigenvalue weighted by molar-refractivity contribution is -0.144. The molecule has 2 aliphatic heterocycles. The summed E-state index contributed by atoms with van der Waals surface area (Å²) >= 11 is 0. The smallest absolute Gasteiger partial charge is 0.327 e. The van der Waals surface area contributed by atoms with Gasteiger partial charge in [-0.05, 0) is 19.1 Å². The second-order valence-corrected chi connectivity index (χ2v) is 4.27. The molecule has 3 rings (SSSR count). The van der Waals surface area contributed by atoms with Crippen molar-refractivity contribution in [1.82, 2.24) is 9.78 Å². The first kappa shape index (κ1) is 12.4. The third-order valence-corrected chi connectivity index (χ3v) is 2.92. The maximum absolute atomic E-state index is 12.1. The molecule has 0 radical (unpaired) electrons. The lowest BCUT2D eigenvalue weighted by Gasteiger charge is -1.99. The van der Waals surface area contributed by atoms with Gasteiger partial charge in [-0.3, -0.25) is 9.59 Å². The molecule has 0 aromatic heterocycles. The Morgan fingerprint density at radius 3 is 3.00 bits per heavy atom. The molecule has 2 heterocycles. The predicted molar refractivity (Wildman–Crippen MR) is 71.5 cm³/mol. The van der Waals surface area contributed by atoms with Crippen molar-refractivity contribution in [3.05, 3.63) is 40.7 Å². The van der Waals surface area contributed by atoms with E-state index in [1.54, 1.807) is 19.1 Å². The van der Waals surface area contributed by atoms with Gasteiger partial charge in [0, 0.05) is 5.39 Å². The van der Waals surface area contributed by atoms with Gasteiger partial charge in [0.2, 0.25) is 5.89 Å². The number of para-hydroxylation sites is 1. The van der Waals surface area contributed by atoms with E-state index in [1.807, 2.05) is 18.2 Å². The summed E-state index contributed by atoms with van der Waals surface area (Å²) in [5.41, 5.74) is 0.635. The van der Waals surface area contributed by atoms with E-state index in [9.17, 15) is 9.59 Å². The van der Waals surface area contributed by atoms with Crippen molar-refractivity contribution in [3.8, 4) is 11.5 Å². The second-order valence-electron chi connectivity index (χ2n) is 4.27. The molecule has 6 nitrogen and oxygen atoms in total. The average molecular weight is 272 g/mol. The molecule has 0 saturated heterocycles. The molecule has 0 bridgehead atoms. The van der Waals surface area contributed by atoms with Crippen LogP contribution in [0.15, 0.2) is 39.5 Å². The minimum atomic E-state index is -0.498. The maximum atomic E-state index is 12.1. The van der Waals surface area contributed by atoms with E-state index in [2.05, 4.69) is 5.10 Å². The molecule has 2 aliphatic rings. The molecule has 0 fully saturated rings. The van der Waals surface area contributed by atoms with Crippen molar-refractivity contribution in [2.24, 2.45) is 0 Å². The van der Waals surface area contributed by atoms with Crippen molar-refractivity contribution in [2.75, 3.05) is 6.61 Å². The molecule has 0 unspecified atom stereocenters. The summed E-state index contributed by atoms with van der Waals surface area (Å²) in [7, 11) is 0. The molecule has 0 spiro atoms. The van der Waals surface area contributed by atoms with Crippen molar-refractivity contribution >= 4 is 16.9 Å². The highest BCUT2D eigenvalue weighted by Gasteiger charge is 2.19. The molecule has 0 saturated carbocycles. The molecule has 0 N–H and O–H groups in total. The van der Waals surface area contributed by atoms with Gasteiger partial charge in [-0.1, -0.05) is 18.2 Å². The third kappa shape index (κ3) is 2.05. The fourth-order valence-electron chi connectivity index (χ4n) is 2.03. The zero-order valence-corrected chi connectivity index (χ0v) is 10.8. The Hall–Kier alpha value is -2.63. The monoisotopic (exact) mass is 272 g/mol. The zero-order valence-electron chi connectivity index (χ0n) is 10.8. The maximum Gasteiger partial charge on any atom is 0.327 e. The molecule has 1 aromatic carbocycles. The Balaban J connectivity index is 2.10. The van der Waals surface area contributed by atoms with Crippen LogP contribution in [0.4, 0.5) is 0 Å². The Labute approximate surface area is 113 Å². The van der Waals surface area contributed by atoms with Gasteiger partial charge >= 0.3 is 5.97 Å². The molecule has 6 heteroatoms. The topological polar surface area (TPSA) is 74.3 Å². The van der Waals surface area contributed by atoms with Crippen LogP contribution in [0.1, 0.15) is 6.92 Å². The number of aromatic nitrogens is 2. The van der Waals surface area contributed by atoms with Gasteiger partial charge in [0.25, 0.3) is 5.56 Å². The van der Waals surface area contributed by atoms with Crippen LogP contribution in [-0.4, -0.2) is 22.4 Å². The molecule has 1 aromatic rings. The normalized spacial score (nSPS) is 11.1. The second kappa shape index (κ2) is 4.80. The van der Waals surface area contributed by atoms with Gasteiger partial charge in [-0.2, -0.15) is 0 Å². The van der Waals surface area contributed by atoms with Crippen LogP contribution >= 0.6 is 0 Å². The summed E-state index contributed by atoms with van der Waals surface area (Å²) in [4.78, 5) is 23.6. The fraction of sp³-hybridized carbons (Fsp3) is 0.214. The molecule has 102 valence electrons. The minimum Gasteiger partial charge on any atom is -0.465 e. The summed E-state index contributed by atoms with van der Waals surface area (Å²) in [6.07, 6.45) is 0. The van der Waals surface area contributed by atoms with Crippen LogP contribution in [0.2, 0.25) is 0 Å². The number of rotatable bonds is 3. The van der Waals surface area contributed by atoms with E-state index in [0.717, 1.165) is 10.1 Å². The molecule has 20 heavy (non-hydrogen) atoms. The lowest BCUT2D eigenvalue weighted by Crippen LogP contribution is -2.23. The highest BCUT2D eigenvalue weighted by molar-refractivity contribution is 5.81. The molecular formula is C14H12N2O4. The Kier molecular flexibility index (Phi) is 2.98. The van der Waals surface area contributed by atoms with Crippen LogP contribution in [0.5, 0.6) is 0 Å². The SMILES string of the molecule is CCOC(=O)Cn1nc2oc3ccccc3cc-2c1=O. The first-order chi connectivity index (χ1) is 9.69. The van der Waals surface area contributed by atoms with E-state index in [0.29, 0.717) is 11.1 Å². The Morgan fingerprint density at radius 2 is 2.20 bits per heavy atom. The van der Waals surface area contributed by atoms with Crippen LogP contribution in [0, 0.1) is 0 Å². The average Bonchev–Trinajstić information content (AvgIpc) is 2.73. The number of nitrogens with zero attached hydrogens (tertiary/aromatic N) is 2. The van der Waals surface area contributed by atoms with E-state index in [1.165, 1.54) is 0 Å². The molecular weight excluding hydrogens is 260 g/mol. The number of ether oxygens (including phenoxy) is 1. The quantitative estimate of drug-likeness (QED) is 0.678. The van der Waals surface area contributed by atoms with Gasteiger partial charge in [-0.25, -0.2) is 4.68 Å². The highest BCUT2D eigenvalue weighted by Crippen LogP contribution is 2.23. The van der Waals surface area contributed by atoms with E-state index in [4.69, 9.17) is 9.15 Å². The van der Waals surface area contributed by atoms with E-state index < -0.39 is 5.97 Å². The summed E-state index contributed by atoms with van der Waals surface area (Å²) < 4.78 is 11.4. The lowest BCUT2D eigenvalue weighted by atomic mass is 10.2. The van der Waals surface area contributed by atoms with Crippen LogP contribution in [0.3, 0.4) is 0 Å².